The minimum absolute atomic E-state index is 0.689. The average molecular weight is 244 g/mol. The molecule has 0 radical (unpaired) electrons. The van der Waals surface area contributed by atoms with Crippen molar-refractivity contribution in [3.8, 4) is 17.1 Å². The number of ether oxygens (including phenoxy) is 1. The van der Waals surface area contributed by atoms with E-state index in [-0.39, 0.29) is 0 Å². The lowest BCUT2D eigenvalue weighted by atomic mass is 10.1. The summed E-state index contributed by atoms with van der Waals surface area (Å²) in [6.07, 6.45) is 3.37. The van der Waals surface area contributed by atoms with E-state index in [4.69, 9.17) is 10.5 Å². The topological polar surface area (TPSA) is 66.0 Å². The number of rotatable bonds is 2. The number of nitrogen functional groups attached to an aromatic ring is 1. The lowest BCUT2D eigenvalue weighted by molar-refractivity contribution is 0.415. The summed E-state index contributed by atoms with van der Waals surface area (Å²) >= 11 is 0. The smallest absolute Gasteiger partial charge is 0.167 e. The largest absolute Gasteiger partial charge is 0.496 e. The fourth-order valence-corrected chi connectivity index (χ4v) is 2.40. The third kappa shape index (κ3) is 1.72. The third-order valence-corrected chi connectivity index (χ3v) is 3.33. The van der Waals surface area contributed by atoms with Crippen molar-refractivity contribution in [3.63, 3.8) is 0 Å². The minimum Gasteiger partial charge on any atom is -0.496 e. The first-order chi connectivity index (χ1) is 8.79. The number of benzene rings is 1. The molecule has 1 aliphatic rings. The van der Waals surface area contributed by atoms with E-state index in [1.54, 1.807) is 7.11 Å². The van der Waals surface area contributed by atoms with E-state index in [1.807, 2.05) is 18.2 Å². The molecule has 94 valence electrons. The molecule has 0 atom stereocenters. The van der Waals surface area contributed by atoms with Crippen LogP contribution < -0.4 is 10.5 Å². The van der Waals surface area contributed by atoms with Crippen LogP contribution in [0.2, 0.25) is 0 Å². The Hall–Kier alpha value is -2.04. The van der Waals surface area contributed by atoms with Gasteiger partial charge in [0.1, 0.15) is 11.6 Å². The summed E-state index contributed by atoms with van der Waals surface area (Å²) in [5.74, 6) is 2.69. The van der Waals surface area contributed by atoms with Gasteiger partial charge in [0.15, 0.2) is 5.82 Å². The van der Waals surface area contributed by atoms with Crippen molar-refractivity contribution in [2.75, 3.05) is 12.8 Å². The van der Waals surface area contributed by atoms with Crippen molar-refractivity contribution < 1.29 is 4.74 Å². The molecule has 0 saturated heterocycles. The Bertz CT molecular complexity index is 576. The van der Waals surface area contributed by atoms with Crippen molar-refractivity contribution in [3.05, 3.63) is 24.0 Å². The van der Waals surface area contributed by atoms with E-state index < -0.39 is 0 Å². The molecule has 0 fully saturated rings. The Kier molecular flexibility index (Phi) is 2.66. The van der Waals surface area contributed by atoms with Crippen LogP contribution in [0.5, 0.6) is 5.75 Å². The molecule has 2 heterocycles. The van der Waals surface area contributed by atoms with E-state index >= 15 is 0 Å². The Labute approximate surface area is 106 Å². The highest BCUT2D eigenvalue weighted by molar-refractivity contribution is 5.68. The van der Waals surface area contributed by atoms with Crippen molar-refractivity contribution in [1.29, 1.82) is 0 Å². The SMILES string of the molecule is COc1cc(N)ccc1-c1nnc2n1CCCC2. The minimum atomic E-state index is 0.689. The fraction of sp³-hybridized carbons (Fsp3) is 0.385. The van der Waals surface area contributed by atoms with Gasteiger partial charge in [-0.25, -0.2) is 0 Å². The Morgan fingerprint density at radius 2 is 2.17 bits per heavy atom. The van der Waals surface area contributed by atoms with Crippen molar-refractivity contribution >= 4 is 5.69 Å². The summed E-state index contributed by atoms with van der Waals surface area (Å²) < 4.78 is 7.56. The zero-order valence-corrected chi connectivity index (χ0v) is 10.4. The Morgan fingerprint density at radius 3 is 3.00 bits per heavy atom. The maximum Gasteiger partial charge on any atom is 0.167 e. The number of fused-ring (bicyclic) bond motifs is 1. The maximum atomic E-state index is 5.77. The number of nitrogens with two attached hydrogens (primary N) is 1. The van der Waals surface area contributed by atoms with Gasteiger partial charge in [-0.15, -0.1) is 10.2 Å². The summed E-state index contributed by atoms with van der Waals surface area (Å²) in [7, 11) is 1.64. The Balaban J connectivity index is 2.12. The van der Waals surface area contributed by atoms with Crippen LogP contribution in [-0.4, -0.2) is 21.9 Å². The molecule has 0 amide bonds. The first-order valence-corrected chi connectivity index (χ1v) is 6.15. The molecule has 2 aromatic rings. The normalized spacial score (nSPS) is 14.3. The van der Waals surface area contributed by atoms with Gasteiger partial charge in [0.05, 0.1) is 12.7 Å². The van der Waals surface area contributed by atoms with E-state index in [0.717, 1.165) is 35.9 Å². The summed E-state index contributed by atoms with van der Waals surface area (Å²) in [5.41, 5.74) is 7.41. The standard InChI is InChI=1S/C13H16N4O/c1-18-11-8-9(14)5-6-10(11)13-16-15-12-4-2-3-7-17(12)13/h5-6,8H,2-4,7,14H2,1H3. The molecule has 0 saturated carbocycles. The maximum absolute atomic E-state index is 5.77. The summed E-state index contributed by atoms with van der Waals surface area (Å²) in [6.45, 7) is 0.977. The second-order valence-corrected chi connectivity index (χ2v) is 4.51. The molecule has 3 rings (SSSR count). The van der Waals surface area contributed by atoms with Crippen molar-refractivity contribution in [2.24, 2.45) is 0 Å². The molecular weight excluding hydrogens is 228 g/mol. The highest BCUT2D eigenvalue weighted by Gasteiger charge is 2.19. The van der Waals surface area contributed by atoms with Crippen LogP contribution in [0.4, 0.5) is 5.69 Å². The van der Waals surface area contributed by atoms with E-state index in [1.165, 1.54) is 12.8 Å². The third-order valence-electron chi connectivity index (χ3n) is 3.33. The molecule has 5 nitrogen and oxygen atoms in total. The molecule has 1 aromatic heterocycles. The first-order valence-electron chi connectivity index (χ1n) is 6.15. The lowest BCUT2D eigenvalue weighted by Crippen LogP contribution is -2.11. The molecule has 18 heavy (non-hydrogen) atoms. The van der Waals surface area contributed by atoms with Crippen LogP contribution in [0.1, 0.15) is 18.7 Å². The number of hydrogen-bond acceptors (Lipinski definition) is 4. The van der Waals surface area contributed by atoms with Crippen LogP contribution in [0.3, 0.4) is 0 Å². The van der Waals surface area contributed by atoms with Gasteiger partial charge in [0.25, 0.3) is 0 Å². The highest BCUT2D eigenvalue weighted by atomic mass is 16.5. The van der Waals surface area contributed by atoms with Gasteiger partial charge in [-0.05, 0) is 25.0 Å². The van der Waals surface area contributed by atoms with Gasteiger partial charge in [-0.2, -0.15) is 0 Å². The second kappa shape index (κ2) is 4.33. The predicted molar refractivity (Wildman–Crippen MR) is 69.4 cm³/mol. The lowest BCUT2D eigenvalue weighted by Gasteiger charge is -2.16. The molecule has 2 N–H and O–H groups in total. The quantitative estimate of drug-likeness (QED) is 0.819. The van der Waals surface area contributed by atoms with Gasteiger partial charge in [0.2, 0.25) is 0 Å². The Morgan fingerprint density at radius 1 is 1.28 bits per heavy atom. The van der Waals surface area contributed by atoms with Crippen LogP contribution in [-0.2, 0) is 13.0 Å². The second-order valence-electron chi connectivity index (χ2n) is 4.51. The van der Waals surface area contributed by atoms with Gasteiger partial charge in [-0.1, -0.05) is 0 Å². The van der Waals surface area contributed by atoms with Gasteiger partial charge in [0, 0.05) is 24.7 Å². The van der Waals surface area contributed by atoms with Crippen molar-refractivity contribution in [1.82, 2.24) is 14.8 Å². The number of aromatic nitrogens is 3. The van der Waals surface area contributed by atoms with E-state index in [9.17, 15) is 0 Å². The van der Waals surface area contributed by atoms with Crippen LogP contribution >= 0.6 is 0 Å². The van der Waals surface area contributed by atoms with Gasteiger partial charge >= 0.3 is 0 Å². The number of anilines is 1. The molecule has 1 aliphatic heterocycles. The zero-order valence-electron chi connectivity index (χ0n) is 10.4. The average Bonchev–Trinajstić information content (AvgIpc) is 2.82. The number of methoxy groups -OCH3 is 1. The highest BCUT2D eigenvalue weighted by Crippen LogP contribution is 2.32. The zero-order chi connectivity index (χ0) is 12.5. The van der Waals surface area contributed by atoms with Gasteiger partial charge < -0.3 is 15.0 Å². The van der Waals surface area contributed by atoms with Crippen LogP contribution in [0.15, 0.2) is 18.2 Å². The predicted octanol–water partition coefficient (Wildman–Crippen LogP) is 1.87. The van der Waals surface area contributed by atoms with E-state index in [0.29, 0.717) is 5.69 Å². The molecular formula is C13H16N4O. The summed E-state index contributed by atoms with van der Waals surface area (Å²) in [6, 6.07) is 5.63. The fourth-order valence-electron chi connectivity index (χ4n) is 2.40. The van der Waals surface area contributed by atoms with E-state index in [2.05, 4.69) is 14.8 Å². The number of nitrogens with zero attached hydrogens (tertiary/aromatic N) is 3. The van der Waals surface area contributed by atoms with Gasteiger partial charge in [-0.3, -0.25) is 0 Å². The number of hydrogen-bond donors (Lipinski definition) is 1. The summed E-state index contributed by atoms with van der Waals surface area (Å²) in [5, 5.41) is 8.56. The monoisotopic (exact) mass is 244 g/mol. The van der Waals surface area contributed by atoms with Crippen LogP contribution in [0.25, 0.3) is 11.4 Å². The number of aryl methyl sites for hydroxylation is 1. The van der Waals surface area contributed by atoms with Crippen molar-refractivity contribution in [2.45, 2.75) is 25.8 Å². The molecule has 5 heteroatoms. The summed E-state index contributed by atoms with van der Waals surface area (Å²) in [4.78, 5) is 0. The first kappa shape index (κ1) is 11.1. The van der Waals surface area contributed by atoms with Crippen LogP contribution in [0, 0.1) is 0 Å². The molecule has 0 bridgehead atoms. The molecule has 1 aromatic carbocycles. The molecule has 0 aliphatic carbocycles. The molecule has 0 unspecified atom stereocenters. The molecule has 0 spiro atoms.